The molecule has 4 nitrogen and oxygen atoms in total. The van der Waals surface area contributed by atoms with Crippen LogP contribution in [0, 0.1) is 11.7 Å². The zero-order valence-corrected chi connectivity index (χ0v) is 11.2. The molecular weight excluding hydrogens is 271 g/mol. The van der Waals surface area contributed by atoms with Crippen LogP contribution in [-0.2, 0) is 9.59 Å². The molecule has 2 rings (SSSR count). The van der Waals surface area contributed by atoms with Crippen molar-refractivity contribution in [3.05, 3.63) is 29.0 Å². The zero-order chi connectivity index (χ0) is 14.0. The Kier molecular flexibility index (Phi) is 4.04. The number of nitrogens with zero attached hydrogens (tertiary/aromatic N) is 1. The first-order chi connectivity index (χ1) is 8.97. The number of likely N-dealkylation sites (tertiary alicyclic amines) is 1. The normalized spacial score (nSPS) is 19.4. The third kappa shape index (κ3) is 3.23. The average Bonchev–Trinajstić information content (AvgIpc) is 2.37. The number of rotatable bonds is 2. The summed E-state index contributed by atoms with van der Waals surface area (Å²) in [5.74, 6) is -1.14. The fraction of sp³-hybridized carbons (Fsp3) is 0.385. The van der Waals surface area contributed by atoms with E-state index in [1.807, 2.05) is 0 Å². The lowest BCUT2D eigenvalue weighted by Crippen LogP contribution is -2.39. The van der Waals surface area contributed by atoms with E-state index in [2.05, 4.69) is 5.32 Å². The molecule has 0 saturated carbocycles. The molecule has 1 aromatic rings. The van der Waals surface area contributed by atoms with Crippen molar-refractivity contribution in [1.29, 1.82) is 0 Å². The molecule has 0 aromatic heterocycles. The van der Waals surface area contributed by atoms with Gasteiger partial charge < -0.3 is 10.2 Å². The quantitative estimate of drug-likeness (QED) is 0.906. The molecule has 1 N–H and O–H groups in total. The SMILES string of the molecule is CN1CCC(C(=O)Nc2ccc(F)c(Cl)c2)CC1=O. The van der Waals surface area contributed by atoms with Crippen molar-refractivity contribution < 1.29 is 14.0 Å². The molecule has 1 atom stereocenters. The lowest BCUT2D eigenvalue weighted by molar-refractivity contribution is -0.137. The van der Waals surface area contributed by atoms with E-state index in [0.717, 1.165) is 0 Å². The smallest absolute Gasteiger partial charge is 0.228 e. The molecule has 0 bridgehead atoms. The van der Waals surface area contributed by atoms with E-state index in [4.69, 9.17) is 11.6 Å². The van der Waals surface area contributed by atoms with Crippen molar-refractivity contribution >= 4 is 29.1 Å². The Bertz CT molecular complexity index is 521. The minimum absolute atomic E-state index is 0.0384. The molecule has 19 heavy (non-hydrogen) atoms. The van der Waals surface area contributed by atoms with Crippen molar-refractivity contribution in [2.75, 3.05) is 18.9 Å². The molecule has 0 aliphatic carbocycles. The van der Waals surface area contributed by atoms with Crippen LogP contribution < -0.4 is 5.32 Å². The number of anilines is 1. The molecular formula is C13H14ClFN2O2. The number of amides is 2. The molecule has 1 aliphatic heterocycles. The number of halogens is 2. The van der Waals surface area contributed by atoms with Gasteiger partial charge in [0, 0.05) is 31.6 Å². The van der Waals surface area contributed by atoms with Crippen LogP contribution in [0.5, 0.6) is 0 Å². The minimum Gasteiger partial charge on any atom is -0.346 e. The van der Waals surface area contributed by atoms with Gasteiger partial charge in [0.15, 0.2) is 0 Å². The highest BCUT2D eigenvalue weighted by Gasteiger charge is 2.28. The third-order valence-corrected chi connectivity index (χ3v) is 3.51. The highest BCUT2D eigenvalue weighted by Crippen LogP contribution is 2.22. The molecule has 6 heteroatoms. The van der Waals surface area contributed by atoms with Crippen molar-refractivity contribution in [2.24, 2.45) is 5.92 Å². The maximum atomic E-state index is 13.0. The second kappa shape index (κ2) is 5.57. The maximum absolute atomic E-state index is 13.0. The number of piperidine rings is 1. The molecule has 0 spiro atoms. The van der Waals surface area contributed by atoms with E-state index in [0.29, 0.717) is 18.7 Å². The van der Waals surface area contributed by atoms with Crippen LogP contribution in [0.2, 0.25) is 5.02 Å². The van der Waals surface area contributed by atoms with Crippen LogP contribution in [0.3, 0.4) is 0 Å². The summed E-state index contributed by atoms with van der Waals surface area (Å²) in [4.78, 5) is 25.1. The Hall–Kier alpha value is -1.62. The third-order valence-electron chi connectivity index (χ3n) is 3.22. The Morgan fingerprint density at radius 1 is 1.53 bits per heavy atom. The van der Waals surface area contributed by atoms with Gasteiger partial charge in [-0.3, -0.25) is 9.59 Å². The molecule has 1 heterocycles. The van der Waals surface area contributed by atoms with Gasteiger partial charge in [0.25, 0.3) is 0 Å². The summed E-state index contributed by atoms with van der Waals surface area (Å²) in [6, 6.07) is 3.99. The topological polar surface area (TPSA) is 49.4 Å². The first-order valence-corrected chi connectivity index (χ1v) is 6.35. The number of hydrogen-bond donors (Lipinski definition) is 1. The predicted octanol–water partition coefficient (Wildman–Crippen LogP) is 2.29. The number of benzene rings is 1. The molecule has 1 aliphatic rings. The lowest BCUT2D eigenvalue weighted by Gasteiger charge is -2.27. The molecule has 1 fully saturated rings. The Morgan fingerprint density at radius 3 is 2.89 bits per heavy atom. The number of carbonyl (C=O) groups excluding carboxylic acids is 2. The summed E-state index contributed by atoms with van der Waals surface area (Å²) in [6.07, 6.45) is 0.834. The van der Waals surface area contributed by atoms with E-state index in [9.17, 15) is 14.0 Å². The molecule has 1 unspecified atom stereocenters. The van der Waals surface area contributed by atoms with E-state index in [1.165, 1.54) is 18.2 Å². The summed E-state index contributed by atoms with van der Waals surface area (Å²) in [6.45, 7) is 0.571. The van der Waals surface area contributed by atoms with Crippen LogP contribution in [0.4, 0.5) is 10.1 Å². The number of hydrogen-bond acceptors (Lipinski definition) is 2. The first-order valence-electron chi connectivity index (χ1n) is 5.97. The largest absolute Gasteiger partial charge is 0.346 e. The average molecular weight is 285 g/mol. The highest BCUT2D eigenvalue weighted by atomic mass is 35.5. The minimum atomic E-state index is -0.533. The van der Waals surface area contributed by atoms with Crippen molar-refractivity contribution in [2.45, 2.75) is 12.8 Å². The van der Waals surface area contributed by atoms with Gasteiger partial charge in [0.05, 0.1) is 5.02 Å². The summed E-state index contributed by atoms with van der Waals surface area (Å²) >= 11 is 5.64. The Labute approximate surface area is 115 Å². The van der Waals surface area contributed by atoms with E-state index < -0.39 is 5.82 Å². The fourth-order valence-electron chi connectivity index (χ4n) is 1.98. The van der Waals surface area contributed by atoms with E-state index >= 15 is 0 Å². The monoisotopic (exact) mass is 284 g/mol. The number of carbonyl (C=O) groups is 2. The van der Waals surface area contributed by atoms with Crippen LogP contribution in [0.1, 0.15) is 12.8 Å². The fourth-order valence-corrected chi connectivity index (χ4v) is 2.17. The lowest BCUT2D eigenvalue weighted by atomic mass is 9.95. The molecule has 102 valence electrons. The number of nitrogens with one attached hydrogen (secondary N) is 1. The molecule has 1 aromatic carbocycles. The molecule has 2 amide bonds. The van der Waals surface area contributed by atoms with Gasteiger partial charge in [-0.25, -0.2) is 4.39 Å². The van der Waals surface area contributed by atoms with Crippen LogP contribution >= 0.6 is 11.6 Å². The van der Waals surface area contributed by atoms with Crippen molar-refractivity contribution in [3.8, 4) is 0 Å². The van der Waals surface area contributed by atoms with Gasteiger partial charge in [-0.15, -0.1) is 0 Å². The summed E-state index contributed by atoms with van der Waals surface area (Å²) in [5, 5.41) is 2.61. The Balaban J connectivity index is 2.01. The summed E-state index contributed by atoms with van der Waals surface area (Å²) < 4.78 is 13.0. The molecule has 0 radical (unpaired) electrons. The Morgan fingerprint density at radius 2 is 2.26 bits per heavy atom. The van der Waals surface area contributed by atoms with Gasteiger partial charge in [-0.1, -0.05) is 11.6 Å². The molecule has 1 saturated heterocycles. The van der Waals surface area contributed by atoms with Gasteiger partial charge in [0.2, 0.25) is 11.8 Å². The van der Waals surface area contributed by atoms with Crippen LogP contribution in [0.25, 0.3) is 0 Å². The summed E-state index contributed by atoms with van der Waals surface area (Å²) in [7, 11) is 1.72. The maximum Gasteiger partial charge on any atom is 0.228 e. The van der Waals surface area contributed by atoms with E-state index in [1.54, 1.807) is 11.9 Å². The van der Waals surface area contributed by atoms with Gasteiger partial charge >= 0.3 is 0 Å². The first kappa shape index (κ1) is 13.8. The highest BCUT2D eigenvalue weighted by molar-refractivity contribution is 6.31. The predicted molar refractivity (Wildman–Crippen MR) is 70.4 cm³/mol. The van der Waals surface area contributed by atoms with E-state index in [-0.39, 0.29) is 29.2 Å². The van der Waals surface area contributed by atoms with Crippen molar-refractivity contribution in [1.82, 2.24) is 4.90 Å². The standard InChI is InChI=1S/C13H14ClFN2O2/c1-17-5-4-8(6-12(17)18)13(19)16-9-2-3-11(15)10(14)7-9/h2-3,7-8H,4-6H2,1H3,(H,16,19). The van der Waals surface area contributed by atoms with Crippen LogP contribution in [0.15, 0.2) is 18.2 Å². The van der Waals surface area contributed by atoms with Gasteiger partial charge in [0.1, 0.15) is 5.82 Å². The second-order valence-corrected chi connectivity index (χ2v) is 5.03. The zero-order valence-electron chi connectivity index (χ0n) is 10.5. The second-order valence-electron chi connectivity index (χ2n) is 4.62. The van der Waals surface area contributed by atoms with Crippen LogP contribution in [-0.4, -0.2) is 30.3 Å². The van der Waals surface area contributed by atoms with Gasteiger partial charge in [-0.05, 0) is 24.6 Å². The summed E-state index contributed by atoms with van der Waals surface area (Å²) in [5.41, 5.74) is 0.433. The van der Waals surface area contributed by atoms with Gasteiger partial charge in [-0.2, -0.15) is 0 Å². The van der Waals surface area contributed by atoms with Crippen molar-refractivity contribution in [3.63, 3.8) is 0 Å².